The standard InChI is InChI=1S/C9H17I/c1-3-4-5-6-7-9(2)8-10/h8H,3-7H2,1-2H3/b9-8+. The van der Waals surface area contributed by atoms with Crippen LogP contribution >= 0.6 is 22.6 Å². The van der Waals surface area contributed by atoms with Crippen LogP contribution in [-0.4, -0.2) is 0 Å². The van der Waals surface area contributed by atoms with Gasteiger partial charge >= 0.3 is 0 Å². The van der Waals surface area contributed by atoms with Crippen LogP contribution in [0.25, 0.3) is 0 Å². The molecule has 0 aromatic carbocycles. The zero-order valence-electron chi connectivity index (χ0n) is 6.99. The highest BCUT2D eigenvalue weighted by molar-refractivity contribution is 14.1. The van der Waals surface area contributed by atoms with Gasteiger partial charge in [-0.15, -0.1) is 0 Å². The van der Waals surface area contributed by atoms with Gasteiger partial charge in [0.05, 0.1) is 0 Å². The number of rotatable bonds is 5. The molecule has 0 spiro atoms. The minimum atomic E-state index is 1.29. The monoisotopic (exact) mass is 252 g/mol. The van der Waals surface area contributed by atoms with E-state index >= 15 is 0 Å². The van der Waals surface area contributed by atoms with Crippen molar-refractivity contribution in [3.8, 4) is 0 Å². The molecule has 0 saturated heterocycles. The van der Waals surface area contributed by atoms with E-state index in [0.717, 1.165) is 0 Å². The molecule has 0 aromatic rings. The quantitative estimate of drug-likeness (QED) is 0.505. The first-order valence-corrected chi connectivity index (χ1v) is 5.31. The molecule has 0 nitrogen and oxygen atoms in total. The lowest BCUT2D eigenvalue weighted by atomic mass is 10.1. The molecule has 0 heterocycles. The smallest absolute Gasteiger partial charge is 0.0245 e. The van der Waals surface area contributed by atoms with Crippen molar-refractivity contribution >= 4 is 22.6 Å². The van der Waals surface area contributed by atoms with Crippen molar-refractivity contribution in [1.29, 1.82) is 0 Å². The molecule has 0 bridgehead atoms. The van der Waals surface area contributed by atoms with Crippen LogP contribution < -0.4 is 0 Å². The Balaban J connectivity index is 3.04. The number of allylic oxidation sites excluding steroid dienone is 1. The largest absolute Gasteiger partial charge is 0.0673 e. The van der Waals surface area contributed by atoms with Crippen LogP contribution in [0, 0.1) is 0 Å². The number of halogens is 1. The van der Waals surface area contributed by atoms with Crippen LogP contribution in [-0.2, 0) is 0 Å². The zero-order valence-corrected chi connectivity index (χ0v) is 9.15. The molecule has 1 heteroatoms. The van der Waals surface area contributed by atoms with Gasteiger partial charge in [-0.3, -0.25) is 0 Å². The molecule has 0 atom stereocenters. The normalized spacial score (nSPS) is 12.1. The summed E-state index contributed by atoms with van der Waals surface area (Å²) >= 11 is 2.31. The van der Waals surface area contributed by atoms with E-state index in [1.165, 1.54) is 37.7 Å². The minimum absolute atomic E-state index is 1.29. The molecule has 0 amide bonds. The van der Waals surface area contributed by atoms with Crippen LogP contribution in [0.2, 0.25) is 0 Å². The van der Waals surface area contributed by atoms with Gasteiger partial charge in [0.1, 0.15) is 0 Å². The second kappa shape index (κ2) is 7.58. The SMILES string of the molecule is CCCCCC/C(C)=C/I. The van der Waals surface area contributed by atoms with Crippen molar-refractivity contribution in [2.45, 2.75) is 46.0 Å². The van der Waals surface area contributed by atoms with Crippen LogP contribution in [0.5, 0.6) is 0 Å². The maximum absolute atomic E-state index is 2.31. The lowest BCUT2D eigenvalue weighted by Gasteiger charge is -1.98. The number of unbranched alkanes of at least 4 members (excludes halogenated alkanes) is 3. The van der Waals surface area contributed by atoms with Gasteiger partial charge in [-0.2, -0.15) is 0 Å². The summed E-state index contributed by atoms with van der Waals surface area (Å²) in [5.74, 6) is 0. The van der Waals surface area contributed by atoms with E-state index in [-0.39, 0.29) is 0 Å². The van der Waals surface area contributed by atoms with Gasteiger partial charge in [0.15, 0.2) is 0 Å². The fourth-order valence-electron chi connectivity index (χ4n) is 0.885. The third-order valence-corrected chi connectivity index (χ3v) is 2.67. The maximum atomic E-state index is 2.31. The Hall–Kier alpha value is 0.470. The van der Waals surface area contributed by atoms with E-state index in [1.807, 2.05) is 0 Å². The van der Waals surface area contributed by atoms with E-state index in [1.54, 1.807) is 0 Å². The van der Waals surface area contributed by atoms with Crippen molar-refractivity contribution in [2.24, 2.45) is 0 Å². The summed E-state index contributed by atoms with van der Waals surface area (Å²) < 4.78 is 2.18. The average molecular weight is 252 g/mol. The van der Waals surface area contributed by atoms with E-state index in [0.29, 0.717) is 0 Å². The molecule has 0 aliphatic rings. The Morgan fingerprint density at radius 3 is 2.50 bits per heavy atom. The molecule has 0 radical (unpaired) electrons. The van der Waals surface area contributed by atoms with E-state index in [9.17, 15) is 0 Å². The lowest BCUT2D eigenvalue weighted by molar-refractivity contribution is 0.665. The number of hydrogen-bond donors (Lipinski definition) is 0. The summed E-state index contributed by atoms with van der Waals surface area (Å²) in [6.07, 6.45) is 6.81. The Bertz CT molecular complexity index is 94.9. The van der Waals surface area contributed by atoms with Gasteiger partial charge in [-0.25, -0.2) is 0 Å². The first kappa shape index (κ1) is 10.5. The average Bonchev–Trinajstić information content (AvgIpc) is 1.98. The van der Waals surface area contributed by atoms with Crippen LogP contribution in [0.15, 0.2) is 9.66 Å². The second-order valence-electron chi connectivity index (χ2n) is 2.77. The summed E-state index contributed by atoms with van der Waals surface area (Å²) in [7, 11) is 0. The van der Waals surface area contributed by atoms with Gasteiger partial charge in [-0.1, -0.05) is 54.4 Å². The summed E-state index contributed by atoms with van der Waals surface area (Å²) in [5, 5.41) is 0. The van der Waals surface area contributed by atoms with Gasteiger partial charge in [0.25, 0.3) is 0 Å². The Labute approximate surface area is 78.2 Å². The van der Waals surface area contributed by atoms with Gasteiger partial charge < -0.3 is 0 Å². The molecule has 10 heavy (non-hydrogen) atoms. The Morgan fingerprint density at radius 2 is 2.00 bits per heavy atom. The first-order chi connectivity index (χ1) is 4.81. The maximum Gasteiger partial charge on any atom is -0.0245 e. The fourth-order valence-corrected chi connectivity index (χ4v) is 1.20. The summed E-state index contributed by atoms with van der Waals surface area (Å²) in [6, 6.07) is 0. The van der Waals surface area contributed by atoms with Crippen LogP contribution in [0.4, 0.5) is 0 Å². The predicted molar refractivity (Wildman–Crippen MR) is 56.5 cm³/mol. The highest BCUT2D eigenvalue weighted by atomic mass is 127. The topological polar surface area (TPSA) is 0 Å². The molecule has 60 valence electrons. The van der Waals surface area contributed by atoms with Crippen molar-refractivity contribution in [3.05, 3.63) is 9.66 Å². The lowest BCUT2D eigenvalue weighted by Crippen LogP contribution is -1.77. The highest BCUT2D eigenvalue weighted by Crippen LogP contribution is 2.10. The van der Waals surface area contributed by atoms with Crippen molar-refractivity contribution < 1.29 is 0 Å². The molecule has 0 aliphatic heterocycles. The van der Waals surface area contributed by atoms with Gasteiger partial charge in [-0.05, 0) is 23.8 Å². The second-order valence-corrected chi connectivity index (χ2v) is 3.39. The molecule has 0 aliphatic carbocycles. The zero-order chi connectivity index (χ0) is 7.82. The van der Waals surface area contributed by atoms with Crippen molar-refractivity contribution in [3.63, 3.8) is 0 Å². The Kier molecular flexibility index (Phi) is 7.93. The summed E-state index contributed by atoms with van der Waals surface area (Å²) in [5.41, 5.74) is 1.52. The molecule has 0 aromatic heterocycles. The van der Waals surface area contributed by atoms with E-state index in [4.69, 9.17) is 0 Å². The highest BCUT2D eigenvalue weighted by Gasteiger charge is 1.88. The molecule has 0 unspecified atom stereocenters. The van der Waals surface area contributed by atoms with Crippen molar-refractivity contribution in [2.75, 3.05) is 0 Å². The van der Waals surface area contributed by atoms with Crippen LogP contribution in [0.1, 0.15) is 46.0 Å². The summed E-state index contributed by atoms with van der Waals surface area (Å²) in [6.45, 7) is 4.46. The molecule has 0 rings (SSSR count). The van der Waals surface area contributed by atoms with E-state index < -0.39 is 0 Å². The van der Waals surface area contributed by atoms with Crippen LogP contribution in [0.3, 0.4) is 0 Å². The molecular weight excluding hydrogens is 235 g/mol. The number of hydrogen-bond acceptors (Lipinski definition) is 0. The molecular formula is C9H17I. The predicted octanol–water partition coefficient (Wildman–Crippen LogP) is 4.30. The minimum Gasteiger partial charge on any atom is -0.0673 e. The fraction of sp³-hybridized carbons (Fsp3) is 0.778. The molecule has 0 N–H and O–H groups in total. The third-order valence-electron chi connectivity index (χ3n) is 1.61. The Morgan fingerprint density at radius 1 is 1.30 bits per heavy atom. The summed E-state index contributed by atoms with van der Waals surface area (Å²) in [4.78, 5) is 0. The van der Waals surface area contributed by atoms with E-state index in [2.05, 4.69) is 40.5 Å². The van der Waals surface area contributed by atoms with Gasteiger partial charge in [0.2, 0.25) is 0 Å². The first-order valence-electron chi connectivity index (χ1n) is 4.07. The third kappa shape index (κ3) is 6.59. The molecule has 0 fully saturated rings. The van der Waals surface area contributed by atoms with Crippen molar-refractivity contribution in [1.82, 2.24) is 0 Å². The van der Waals surface area contributed by atoms with Gasteiger partial charge in [0, 0.05) is 0 Å². The molecule has 0 saturated carbocycles.